The van der Waals surface area contributed by atoms with E-state index in [1.54, 1.807) is 6.07 Å². The van der Waals surface area contributed by atoms with Gasteiger partial charge in [-0.1, -0.05) is 23.2 Å². The summed E-state index contributed by atoms with van der Waals surface area (Å²) >= 11 is 12.4. The van der Waals surface area contributed by atoms with Gasteiger partial charge in [-0.05, 0) is 32.0 Å². The molecule has 3 nitrogen and oxygen atoms in total. The molecule has 1 unspecified atom stereocenters. The van der Waals surface area contributed by atoms with Gasteiger partial charge in [-0.15, -0.1) is 0 Å². The minimum atomic E-state index is 0.203. The average Bonchev–Trinajstić information content (AvgIpc) is 2.82. The van der Waals surface area contributed by atoms with E-state index in [1.807, 2.05) is 12.1 Å². The molecule has 0 bridgehead atoms. The summed E-state index contributed by atoms with van der Waals surface area (Å²) in [6.45, 7) is 8.05. The summed E-state index contributed by atoms with van der Waals surface area (Å²) in [5.41, 5.74) is 1.07. The van der Waals surface area contributed by atoms with Crippen LogP contribution in [0, 0.1) is 0 Å². The van der Waals surface area contributed by atoms with Crippen molar-refractivity contribution in [1.29, 1.82) is 0 Å². The Bertz CT molecular complexity index is 638. The molecule has 0 aliphatic carbocycles. The highest BCUT2D eigenvalue weighted by Gasteiger charge is 2.23. The molecular formula is C16H20Cl2N2O. The predicted molar refractivity (Wildman–Crippen MR) is 88.4 cm³/mol. The van der Waals surface area contributed by atoms with E-state index in [-0.39, 0.29) is 6.10 Å². The third kappa shape index (κ3) is 3.21. The van der Waals surface area contributed by atoms with Gasteiger partial charge in [-0.25, -0.2) is 0 Å². The van der Waals surface area contributed by atoms with Gasteiger partial charge in [0.15, 0.2) is 0 Å². The van der Waals surface area contributed by atoms with Gasteiger partial charge in [0.1, 0.15) is 0 Å². The minimum absolute atomic E-state index is 0.203. The van der Waals surface area contributed by atoms with E-state index in [2.05, 4.69) is 29.5 Å². The summed E-state index contributed by atoms with van der Waals surface area (Å²) in [5, 5.41) is 2.41. The van der Waals surface area contributed by atoms with E-state index in [9.17, 15) is 0 Å². The molecule has 1 fully saturated rings. The van der Waals surface area contributed by atoms with Crippen LogP contribution in [0.25, 0.3) is 10.9 Å². The molecule has 5 heteroatoms. The highest BCUT2D eigenvalue weighted by molar-refractivity contribution is 6.38. The van der Waals surface area contributed by atoms with Gasteiger partial charge in [0, 0.05) is 35.7 Å². The second-order valence-electron chi connectivity index (χ2n) is 5.87. The first-order chi connectivity index (χ1) is 10.0. The lowest BCUT2D eigenvalue weighted by atomic mass is 10.2. The summed E-state index contributed by atoms with van der Waals surface area (Å²) in [6.07, 6.45) is 2.26. The number of nitrogens with zero attached hydrogens (tertiary/aromatic N) is 2. The maximum Gasteiger partial charge on any atom is 0.0881 e. The molecule has 0 saturated carbocycles. The third-order valence-electron chi connectivity index (χ3n) is 4.10. The van der Waals surface area contributed by atoms with Crippen molar-refractivity contribution >= 4 is 34.1 Å². The fourth-order valence-corrected chi connectivity index (χ4v) is 3.46. The Morgan fingerprint density at radius 2 is 2.14 bits per heavy atom. The summed E-state index contributed by atoms with van der Waals surface area (Å²) < 4.78 is 8.09. The van der Waals surface area contributed by atoms with Crippen molar-refractivity contribution in [3.63, 3.8) is 0 Å². The second kappa shape index (κ2) is 6.17. The first kappa shape index (κ1) is 15.2. The molecule has 2 heterocycles. The number of benzene rings is 1. The maximum atomic E-state index is 6.25. The van der Waals surface area contributed by atoms with Crippen LogP contribution in [0.3, 0.4) is 0 Å². The van der Waals surface area contributed by atoms with Gasteiger partial charge in [0.25, 0.3) is 0 Å². The number of fused-ring (bicyclic) bond motifs is 1. The quantitative estimate of drug-likeness (QED) is 0.846. The monoisotopic (exact) mass is 326 g/mol. The Hall–Kier alpha value is -0.740. The molecule has 0 amide bonds. The van der Waals surface area contributed by atoms with Crippen LogP contribution in [0.5, 0.6) is 0 Å². The van der Waals surface area contributed by atoms with Crippen LogP contribution in [-0.2, 0) is 11.3 Å². The number of hydrogen-bond donors (Lipinski definition) is 0. The molecule has 3 rings (SSSR count). The zero-order valence-electron chi connectivity index (χ0n) is 12.4. The van der Waals surface area contributed by atoms with Crippen LogP contribution in [0.4, 0.5) is 0 Å². The summed E-state index contributed by atoms with van der Waals surface area (Å²) in [5.74, 6) is 0. The molecule has 0 spiro atoms. The molecule has 1 saturated heterocycles. The minimum Gasteiger partial charge on any atom is -0.374 e. The fraction of sp³-hybridized carbons (Fsp3) is 0.500. The van der Waals surface area contributed by atoms with E-state index in [0.717, 1.165) is 37.1 Å². The third-order valence-corrected chi connectivity index (χ3v) is 4.63. The second-order valence-corrected chi connectivity index (χ2v) is 6.71. The standard InChI is InChI=1S/C16H20Cl2N2O/c1-11(2)19-5-6-21-13(9-19)10-20-4-3-14-15(18)7-12(17)8-16(14)20/h3-4,7-8,11,13H,5-6,9-10H2,1-2H3. The number of halogens is 2. The van der Waals surface area contributed by atoms with Gasteiger partial charge in [-0.2, -0.15) is 0 Å². The maximum absolute atomic E-state index is 6.25. The molecule has 21 heavy (non-hydrogen) atoms. The van der Waals surface area contributed by atoms with Crippen molar-refractivity contribution in [3.8, 4) is 0 Å². The van der Waals surface area contributed by atoms with Gasteiger partial charge in [0.2, 0.25) is 0 Å². The van der Waals surface area contributed by atoms with Crippen LogP contribution in [0.1, 0.15) is 13.8 Å². The number of rotatable bonds is 3. The molecular weight excluding hydrogens is 307 g/mol. The highest BCUT2D eigenvalue weighted by Crippen LogP contribution is 2.29. The Kier molecular flexibility index (Phi) is 4.46. The summed E-state index contributed by atoms with van der Waals surface area (Å²) in [6, 6.07) is 6.35. The zero-order valence-corrected chi connectivity index (χ0v) is 13.9. The first-order valence-electron chi connectivity index (χ1n) is 7.34. The fourth-order valence-electron chi connectivity index (χ4n) is 2.92. The molecule has 2 aromatic rings. The number of hydrogen-bond acceptors (Lipinski definition) is 2. The van der Waals surface area contributed by atoms with Crippen LogP contribution in [0.2, 0.25) is 10.0 Å². The van der Waals surface area contributed by atoms with Crippen molar-refractivity contribution in [1.82, 2.24) is 9.47 Å². The molecule has 0 N–H and O–H groups in total. The normalized spacial score (nSPS) is 20.5. The van der Waals surface area contributed by atoms with Crippen LogP contribution >= 0.6 is 23.2 Å². The van der Waals surface area contributed by atoms with Gasteiger partial charge in [0.05, 0.1) is 29.8 Å². The van der Waals surface area contributed by atoms with Gasteiger partial charge >= 0.3 is 0 Å². The Balaban J connectivity index is 1.82. The first-order valence-corrected chi connectivity index (χ1v) is 8.09. The Morgan fingerprint density at radius 1 is 1.33 bits per heavy atom. The molecule has 1 aliphatic heterocycles. The zero-order chi connectivity index (χ0) is 15.0. The lowest BCUT2D eigenvalue weighted by molar-refractivity contribution is -0.0451. The SMILES string of the molecule is CC(C)N1CCOC(Cn2ccc3c(Cl)cc(Cl)cc32)C1. The van der Waals surface area contributed by atoms with Crippen molar-refractivity contribution in [2.75, 3.05) is 19.7 Å². The van der Waals surface area contributed by atoms with E-state index in [4.69, 9.17) is 27.9 Å². The smallest absolute Gasteiger partial charge is 0.0881 e. The topological polar surface area (TPSA) is 17.4 Å². The average molecular weight is 327 g/mol. The largest absolute Gasteiger partial charge is 0.374 e. The van der Waals surface area contributed by atoms with Gasteiger partial charge in [-0.3, -0.25) is 4.90 Å². The predicted octanol–water partition coefficient (Wildman–Crippen LogP) is 4.06. The summed E-state index contributed by atoms with van der Waals surface area (Å²) in [4.78, 5) is 2.46. The highest BCUT2D eigenvalue weighted by atomic mass is 35.5. The van der Waals surface area contributed by atoms with Crippen molar-refractivity contribution in [2.45, 2.75) is 32.5 Å². The van der Waals surface area contributed by atoms with Crippen LogP contribution in [0.15, 0.2) is 24.4 Å². The molecule has 1 aliphatic rings. The van der Waals surface area contributed by atoms with Crippen molar-refractivity contribution in [3.05, 3.63) is 34.4 Å². The number of ether oxygens (including phenoxy) is 1. The number of morpholine rings is 1. The van der Waals surface area contributed by atoms with Crippen molar-refractivity contribution in [2.24, 2.45) is 0 Å². The molecule has 1 aromatic heterocycles. The number of aromatic nitrogens is 1. The van der Waals surface area contributed by atoms with E-state index in [1.165, 1.54) is 0 Å². The molecule has 0 radical (unpaired) electrons. The van der Waals surface area contributed by atoms with Crippen molar-refractivity contribution < 1.29 is 4.74 Å². The van der Waals surface area contributed by atoms with E-state index >= 15 is 0 Å². The van der Waals surface area contributed by atoms with Crippen LogP contribution in [-0.4, -0.2) is 41.3 Å². The van der Waals surface area contributed by atoms with Gasteiger partial charge < -0.3 is 9.30 Å². The van der Waals surface area contributed by atoms with E-state index in [0.29, 0.717) is 16.1 Å². The summed E-state index contributed by atoms with van der Waals surface area (Å²) in [7, 11) is 0. The lowest BCUT2D eigenvalue weighted by Crippen LogP contribution is -2.47. The van der Waals surface area contributed by atoms with Crippen LogP contribution < -0.4 is 0 Å². The Morgan fingerprint density at radius 3 is 2.90 bits per heavy atom. The molecule has 114 valence electrons. The molecule has 1 aromatic carbocycles. The van der Waals surface area contributed by atoms with E-state index < -0.39 is 0 Å². The molecule has 1 atom stereocenters. The lowest BCUT2D eigenvalue weighted by Gasteiger charge is -2.35. The Labute approximate surface area is 135 Å².